The van der Waals surface area contributed by atoms with Crippen LogP contribution in [0.2, 0.25) is 0 Å². The Balaban J connectivity index is 1.37. The molecule has 0 saturated heterocycles. The minimum Gasteiger partial charge on any atom is -0.493 e. The van der Waals surface area contributed by atoms with Crippen LogP contribution in [-0.2, 0) is 20.9 Å². The summed E-state index contributed by atoms with van der Waals surface area (Å²) in [5.41, 5.74) is 1.71. The number of nitro benzene ring substituents is 1. The quantitative estimate of drug-likeness (QED) is 0.210. The lowest BCUT2D eigenvalue weighted by molar-refractivity contribution is -0.384. The fourth-order valence-corrected chi connectivity index (χ4v) is 6.66. The number of aromatic nitrogens is 3. The van der Waals surface area contributed by atoms with Gasteiger partial charge < -0.3 is 18.9 Å². The molecule has 1 aromatic heterocycles. The molecular formula is C34H36N4O8. The molecule has 0 bridgehead atoms. The molecule has 0 atom stereocenters. The van der Waals surface area contributed by atoms with Crippen LogP contribution in [0.1, 0.15) is 70.6 Å². The van der Waals surface area contributed by atoms with Crippen molar-refractivity contribution in [2.24, 2.45) is 10.8 Å². The number of carbonyl (C=O) groups is 2. The highest BCUT2D eigenvalue weighted by atomic mass is 16.6. The van der Waals surface area contributed by atoms with Gasteiger partial charge in [-0.15, -0.1) is 5.10 Å². The molecule has 1 aliphatic heterocycles. The third kappa shape index (κ3) is 5.63. The van der Waals surface area contributed by atoms with Gasteiger partial charge in [-0.1, -0.05) is 45.0 Å². The number of allylic oxidation sites excluding steroid dienone is 4. The fraction of sp³-hybridized carbons (Fsp3) is 0.412. The number of nitrogens with zero attached hydrogens (tertiary/aromatic N) is 4. The van der Waals surface area contributed by atoms with E-state index in [9.17, 15) is 19.7 Å². The molecule has 0 unspecified atom stereocenters. The van der Waals surface area contributed by atoms with Crippen molar-refractivity contribution in [2.45, 2.75) is 65.9 Å². The Kier molecular flexibility index (Phi) is 7.69. The molecule has 2 aliphatic carbocycles. The van der Waals surface area contributed by atoms with Gasteiger partial charge in [-0.25, -0.2) is 4.68 Å². The Morgan fingerprint density at radius 1 is 0.935 bits per heavy atom. The first kappa shape index (κ1) is 31.0. The van der Waals surface area contributed by atoms with Crippen LogP contribution in [0.3, 0.4) is 0 Å². The van der Waals surface area contributed by atoms with Crippen LogP contribution >= 0.6 is 0 Å². The second-order valence-corrected chi connectivity index (χ2v) is 13.5. The Hall–Kier alpha value is -5.00. The molecule has 12 nitrogen and oxygen atoms in total. The second kappa shape index (κ2) is 11.4. The van der Waals surface area contributed by atoms with Crippen molar-refractivity contribution < 1.29 is 33.5 Å². The van der Waals surface area contributed by atoms with E-state index < -0.39 is 10.8 Å². The van der Waals surface area contributed by atoms with Crippen molar-refractivity contribution in [2.75, 3.05) is 14.2 Å². The van der Waals surface area contributed by atoms with E-state index in [2.05, 4.69) is 10.3 Å². The highest BCUT2D eigenvalue weighted by Gasteiger charge is 2.48. The van der Waals surface area contributed by atoms with Gasteiger partial charge in [0.15, 0.2) is 23.1 Å². The Morgan fingerprint density at radius 2 is 1.50 bits per heavy atom. The minimum atomic E-state index is -0.635. The van der Waals surface area contributed by atoms with Gasteiger partial charge in [0, 0.05) is 48.8 Å². The van der Waals surface area contributed by atoms with Crippen LogP contribution in [0.25, 0.3) is 5.69 Å². The highest BCUT2D eigenvalue weighted by molar-refractivity contribution is 6.06. The maximum absolute atomic E-state index is 13.7. The van der Waals surface area contributed by atoms with Gasteiger partial charge in [0.25, 0.3) is 5.69 Å². The summed E-state index contributed by atoms with van der Waals surface area (Å²) < 4.78 is 25.4. The van der Waals surface area contributed by atoms with Gasteiger partial charge in [0.2, 0.25) is 5.75 Å². The number of methoxy groups -OCH3 is 2. The van der Waals surface area contributed by atoms with E-state index in [-0.39, 0.29) is 46.1 Å². The zero-order valence-corrected chi connectivity index (χ0v) is 26.7. The summed E-state index contributed by atoms with van der Waals surface area (Å²) in [7, 11) is 3.00. The van der Waals surface area contributed by atoms with Crippen LogP contribution in [0.15, 0.2) is 65.3 Å². The smallest absolute Gasteiger partial charge is 0.294 e. The number of benzene rings is 2. The molecule has 240 valence electrons. The van der Waals surface area contributed by atoms with Crippen molar-refractivity contribution in [3.63, 3.8) is 0 Å². The third-order valence-electron chi connectivity index (χ3n) is 8.63. The number of Topliss-reactive ketones (excluding diaryl/α,β-unsaturated/α-hetero) is 2. The molecule has 0 spiro atoms. The lowest BCUT2D eigenvalue weighted by atomic mass is 9.65. The molecule has 12 heteroatoms. The molecule has 6 rings (SSSR count). The molecule has 2 aromatic carbocycles. The number of hydrogen-bond acceptors (Lipinski definition) is 10. The Bertz CT molecular complexity index is 1760. The zero-order chi connectivity index (χ0) is 33.0. The summed E-state index contributed by atoms with van der Waals surface area (Å²) in [6.07, 6.45) is 3.40. The number of carbonyl (C=O) groups excluding carboxylic acids is 2. The molecule has 46 heavy (non-hydrogen) atoms. The summed E-state index contributed by atoms with van der Waals surface area (Å²) in [6.45, 7) is 8.14. The van der Waals surface area contributed by atoms with E-state index in [0.717, 1.165) is 0 Å². The lowest BCUT2D eigenvalue weighted by Crippen LogP contribution is -2.37. The zero-order valence-electron chi connectivity index (χ0n) is 26.7. The van der Waals surface area contributed by atoms with Crippen molar-refractivity contribution in [1.29, 1.82) is 0 Å². The Labute approximate surface area is 266 Å². The predicted molar refractivity (Wildman–Crippen MR) is 166 cm³/mol. The van der Waals surface area contributed by atoms with Crippen LogP contribution in [0.4, 0.5) is 5.69 Å². The van der Waals surface area contributed by atoms with Crippen LogP contribution in [0, 0.1) is 20.9 Å². The number of nitro groups is 1. The van der Waals surface area contributed by atoms with Crippen molar-refractivity contribution in [1.82, 2.24) is 15.0 Å². The third-order valence-corrected chi connectivity index (χ3v) is 8.63. The maximum atomic E-state index is 13.7. The fourth-order valence-electron chi connectivity index (χ4n) is 6.66. The van der Waals surface area contributed by atoms with E-state index in [1.54, 1.807) is 36.5 Å². The summed E-state index contributed by atoms with van der Waals surface area (Å²) >= 11 is 0. The topological polar surface area (TPSA) is 145 Å². The molecule has 0 amide bonds. The molecular weight excluding hydrogens is 592 g/mol. The number of ketones is 2. The van der Waals surface area contributed by atoms with Crippen LogP contribution in [-0.4, -0.2) is 45.7 Å². The van der Waals surface area contributed by atoms with Crippen LogP contribution < -0.4 is 14.2 Å². The first-order valence-electron chi connectivity index (χ1n) is 15.0. The summed E-state index contributed by atoms with van der Waals surface area (Å²) in [4.78, 5) is 38.5. The van der Waals surface area contributed by atoms with Crippen LogP contribution in [0.5, 0.6) is 17.2 Å². The molecule has 0 fully saturated rings. The minimum absolute atomic E-state index is 0.0413. The van der Waals surface area contributed by atoms with Gasteiger partial charge >= 0.3 is 0 Å². The van der Waals surface area contributed by atoms with Gasteiger partial charge in [0.05, 0.1) is 25.3 Å². The number of ether oxygens (including phenoxy) is 4. The SMILES string of the molecule is COc1cc(C2C3=C(CC(C)(C)CC3=O)OC3=C2C(=O)CC(C)(C)C3)cc(OC)c1OCc1cn(-c2ccccc2[N+](=O)[O-])nn1. The first-order valence-corrected chi connectivity index (χ1v) is 15.0. The molecule has 0 saturated carbocycles. The maximum Gasteiger partial charge on any atom is 0.294 e. The van der Waals surface area contributed by atoms with Crippen molar-refractivity contribution in [3.05, 3.63) is 86.6 Å². The average Bonchev–Trinajstić information content (AvgIpc) is 3.46. The van der Waals surface area contributed by atoms with E-state index in [1.807, 2.05) is 27.7 Å². The second-order valence-electron chi connectivity index (χ2n) is 13.5. The Morgan fingerprint density at radius 3 is 2.04 bits per heavy atom. The lowest BCUT2D eigenvalue weighted by Gasteiger charge is -2.42. The van der Waals surface area contributed by atoms with E-state index in [0.29, 0.717) is 71.1 Å². The van der Waals surface area contributed by atoms with Crippen molar-refractivity contribution in [3.8, 4) is 22.9 Å². The van der Waals surface area contributed by atoms with Gasteiger partial charge in [0.1, 0.15) is 29.5 Å². The number of rotatable bonds is 8. The van der Waals surface area contributed by atoms with Gasteiger partial charge in [-0.3, -0.25) is 19.7 Å². The van der Waals surface area contributed by atoms with E-state index in [1.165, 1.54) is 25.0 Å². The molecule has 3 aliphatic rings. The predicted octanol–water partition coefficient (Wildman–Crippen LogP) is 6.17. The first-order chi connectivity index (χ1) is 21.8. The summed E-state index contributed by atoms with van der Waals surface area (Å²) in [5, 5.41) is 19.7. The summed E-state index contributed by atoms with van der Waals surface area (Å²) in [6, 6.07) is 9.77. The summed E-state index contributed by atoms with van der Waals surface area (Å²) in [5.74, 6) is 1.49. The largest absolute Gasteiger partial charge is 0.493 e. The molecule has 3 aromatic rings. The van der Waals surface area contributed by atoms with E-state index in [4.69, 9.17) is 18.9 Å². The number of hydrogen-bond donors (Lipinski definition) is 0. The monoisotopic (exact) mass is 628 g/mol. The van der Waals surface area contributed by atoms with Crippen molar-refractivity contribution >= 4 is 17.3 Å². The molecule has 0 N–H and O–H groups in total. The normalized spacial score (nSPS) is 18.9. The van der Waals surface area contributed by atoms with E-state index >= 15 is 0 Å². The molecule has 0 radical (unpaired) electrons. The average molecular weight is 629 g/mol. The molecule has 2 heterocycles. The van der Waals surface area contributed by atoms with Gasteiger partial charge in [-0.05, 0) is 34.6 Å². The number of para-hydroxylation sites is 2. The standard InChI is InChI=1S/C34H36N4O8/c1-33(2)13-23(39)30-27(15-33)46-28-16-34(3,4)14-24(40)31(28)29(30)19-11-25(43-5)32(26(12-19)44-6)45-18-20-17-37(36-35-20)21-9-7-8-10-22(21)38(41)42/h7-12,17,29H,13-16,18H2,1-6H3. The van der Waals surface area contributed by atoms with Gasteiger partial charge in [-0.2, -0.15) is 0 Å². The highest BCUT2D eigenvalue weighted by Crippen LogP contribution is 2.54.